The molecule has 5 rings (SSSR count). The number of rotatable bonds is 7. The molecule has 0 heterocycles. The zero-order chi connectivity index (χ0) is 23.5. The first-order valence-electron chi connectivity index (χ1n) is 11.5. The number of aryl methyl sites for hydroxylation is 2. The number of carbonyl (C=O) groups excluding carboxylic acids is 2. The van der Waals surface area contributed by atoms with Gasteiger partial charge in [0.15, 0.2) is 0 Å². The molecule has 1 atom stereocenters. The minimum atomic E-state index is -0.215. The van der Waals surface area contributed by atoms with Crippen LogP contribution in [-0.4, -0.2) is 17.6 Å². The summed E-state index contributed by atoms with van der Waals surface area (Å²) >= 11 is 1.53. The number of para-hydroxylation sites is 1. The zero-order valence-corrected chi connectivity index (χ0v) is 19.8. The minimum absolute atomic E-state index is 0.135. The van der Waals surface area contributed by atoms with Gasteiger partial charge in [0, 0.05) is 4.90 Å². The maximum absolute atomic E-state index is 13.0. The van der Waals surface area contributed by atoms with Gasteiger partial charge in [0.1, 0.15) is 0 Å². The molecular weight excluding hydrogens is 440 g/mol. The van der Waals surface area contributed by atoms with Gasteiger partial charge in [-0.25, -0.2) is 0 Å². The maximum Gasteiger partial charge on any atom is 0.253 e. The van der Waals surface area contributed by atoms with E-state index in [0.717, 1.165) is 23.3 Å². The predicted molar refractivity (Wildman–Crippen MR) is 139 cm³/mol. The largest absolute Gasteiger partial charge is 0.345 e. The van der Waals surface area contributed by atoms with Gasteiger partial charge >= 0.3 is 0 Å². The number of thioether (sulfide) groups is 1. The number of amides is 2. The van der Waals surface area contributed by atoms with E-state index < -0.39 is 0 Å². The first kappa shape index (κ1) is 22.2. The smallest absolute Gasteiger partial charge is 0.253 e. The highest BCUT2D eigenvalue weighted by Crippen LogP contribution is 2.36. The normalized spacial score (nSPS) is 13.0. The number of nitrogens with one attached hydrogen (secondary N) is 2. The molecule has 0 unspecified atom stereocenters. The Bertz CT molecular complexity index is 1360. The van der Waals surface area contributed by atoms with Crippen molar-refractivity contribution in [1.82, 2.24) is 5.32 Å². The lowest BCUT2D eigenvalue weighted by Gasteiger charge is -2.16. The number of benzene rings is 4. The predicted octanol–water partition coefficient (Wildman–Crippen LogP) is 6.16. The lowest BCUT2D eigenvalue weighted by atomic mass is 10.1. The topological polar surface area (TPSA) is 58.2 Å². The Balaban J connectivity index is 1.26. The van der Waals surface area contributed by atoms with E-state index in [-0.39, 0.29) is 23.6 Å². The van der Waals surface area contributed by atoms with Crippen molar-refractivity contribution in [3.63, 3.8) is 0 Å². The summed E-state index contributed by atoms with van der Waals surface area (Å²) in [5, 5.41) is 8.53. The van der Waals surface area contributed by atoms with Crippen molar-refractivity contribution in [1.29, 1.82) is 0 Å². The van der Waals surface area contributed by atoms with Crippen LogP contribution < -0.4 is 10.6 Å². The molecule has 0 saturated heterocycles. The molecule has 2 amide bonds. The second kappa shape index (κ2) is 9.74. The van der Waals surface area contributed by atoms with Crippen LogP contribution in [0.3, 0.4) is 0 Å². The van der Waals surface area contributed by atoms with Gasteiger partial charge in [-0.05, 0) is 65.4 Å². The van der Waals surface area contributed by atoms with E-state index in [1.54, 1.807) is 18.2 Å². The van der Waals surface area contributed by atoms with Gasteiger partial charge < -0.3 is 10.6 Å². The van der Waals surface area contributed by atoms with Gasteiger partial charge in [-0.3, -0.25) is 9.59 Å². The van der Waals surface area contributed by atoms with E-state index in [1.165, 1.54) is 33.7 Å². The Morgan fingerprint density at radius 2 is 1.59 bits per heavy atom. The molecule has 34 heavy (non-hydrogen) atoms. The minimum Gasteiger partial charge on any atom is -0.345 e. The molecule has 0 aliphatic heterocycles. The fourth-order valence-electron chi connectivity index (χ4n) is 4.57. The summed E-state index contributed by atoms with van der Waals surface area (Å²) in [6.07, 6.45) is 2.17. The number of anilines is 1. The molecule has 0 radical (unpaired) electrons. The average Bonchev–Trinajstić information content (AvgIpc) is 3.29. The molecule has 0 saturated carbocycles. The van der Waals surface area contributed by atoms with E-state index in [4.69, 9.17) is 0 Å². The lowest BCUT2D eigenvalue weighted by molar-refractivity contribution is -0.113. The van der Waals surface area contributed by atoms with Gasteiger partial charge in [0.05, 0.1) is 23.0 Å². The molecule has 0 bridgehead atoms. The van der Waals surface area contributed by atoms with E-state index >= 15 is 0 Å². The number of carbonyl (C=O) groups is 2. The van der Waals surface area contributed by atoms with Gasteiger partial charge in [-0.1, -0.05) is 66.7 Å². The molecule has 4 aromatic carbocycles. The Labute approximate surface area is 203 Å². The van der Waals surface area contributed by atoms with Crippen molar-refractivity contribution in [2.45, 2.75) is 30.7 Å². The second-order valence-corrected chi connectivity index (χ2v) is 9.57. The molecule has 0 aromatic heterocycles. The van der Waals surface area contributed by atoms with Crippen molar-refractivity contribution in [3.8, 4) is 0 Å². The van der Waals surface area contributed by atoms with E-state index in [0.29, 0.717) is 11.3 Å². The first-order chi connectivity index (χ1) is 16.6. The van der Waals surface area contributed by atoms with Crippen LogP contribution in [0.5, 0.6) is 0 Å². The Morgan fingerprint density at radius 1 is 0.853 bits per heavy atom. The zero-order valence-electron chi connectivity index (χ0n) is 19.0. The second-order valence-electron chi connectivity index (χ2n) is 8.55. The fraction of sp³-hybridized carbons (Fsp3) is 0.172. The highest BCUT2D eigenvalue weighted by molar-refractivity contribution is 8.00. The molecule has 0 spiro atoms. The van der Waals surface area contributed by atoms with Crippen LogP contribution in [0.1, 0.15) is 40.0 Å². The van der Waals surface area contributed by atoms with Gasteiger partial charge in [-0.15, -0.1) is 11.8 Å². The third-order valence-corrected chi connectivity index (χ3v) is 7.36. The summed E-state index contributed by atoms with van der Waals surface area (Å²) < 4.78 is 0. The molecule has 1 aliphatic rings. The summed E-state index contributed by atoms with van der Waals surface area (Å²) in [5.74, 6) is -0.0771. The average molecular weight is 467 g/mol. The molecule has 0 fully saturated rings. The maximum atomic E-state index is 13.0. The third kappa shape index (κ3) is 4.57. The van der Waals surface area contributed by atoms with Gasteiger partial charge in [0.25, 0.3) is 5.91 Å². The quantitative estimate of drug-likeness (QED) is 0.321. The third-order valence-electron chi connectivity index (χ3n) is 6.29. The molecule has 170 valence electrons. The van der Waals surface area contributed by atoms with Crippen LogP contribution in [0, 0.1) is 0 Å². The van der Waals surface area contributed by atoms with Crippen LogP contribution in [0.15, 0.2) is 89.8 Å². The van der Waals surface area contributed by atoms with Crippen LogP contribution in [-0.2, 0) is 17.6 Å². The highest BCUT2D eigenvalue weighted by atomic mass is 32.2. The summed E-state index contributed by atoms with van der Waals surface area (Å²) in [7, 11) is 0. The monoisotopic (exact) mass is 466 g/mol. The van der Waals surface area contributed by atoms with Crippen LogP contribution in [0.4, 0.5) is 5.69 Å². The van der Waals surface area contributed by atoms with E-state index in [2.05, 4.69) is 41.0 Å². The van der Waals surface area contributed by atoms with Crippen LogP contribution in [0.25, 0.3) is 10.8 Å². The molecule has 4 aromatic rings. The molecule has 5 heteroatoms. The van der Waals surface area contributed by atoms with Crippen molar-refractivity contribution < 1.29 is 9.59 Å². The SMILES string of the molecule is C[C@H](NC(=O)c1ccccc1NC(=O)CSc1ccc2c3c(cccc13)CC2)c1ccccc1. The van der Waals surface area contributed by atoms with Crippen molar-refractivity contribution in [2.75, 3.05) is 11.1 Å². The van der Waals surface area contributed by atoms with Gasteiger partial charge in [0.2, 0.25) is 5.91 Å². The lowest BCUT2D eigenvalue weighted by Crippen LogP contribution is -2.28. The molecule has 2 N–H and O–H groups in total. The van der Waals surface area contributed by atoms with Crippen molar-refractivity contribution >= 4 is 40.0 Å². The highest BCUT2D eigenvalue weighted by Gasteiger charge is 2.18. The molecule has 1 aliphatic carbocycles. The van der Waals surface area contributed by atoms with E-state index in [9.17, 15) is 9.59 Å². The Morgan fingerprint density at radius 3 is 2.41 bits per heavy atom. The first-order valence-corrected chi connectivity index (χ1v) is 12.5. The fourth-order valence-corrected chi connectivity index (χ4v) is 5.41. The van der Waals surface area contributed by atoms with Gasteiger partial charge in [-0.2, -0.15) is 0 Å². The van der Waals surface area contributed by atoms with Crippen molar-refractivity contribution in [3.05, 3.63) is 107 Å². The Hall–Kier alpha value is -3.57. The summed E-state index contributed by atoms with van der Waals surface area (Å²) in [5.41, 5.74) is 4.78. The summed E-state index contributed by atoms with van der Waals surface area (Å²) in [4.78, 5) is 26.9. The van der Waals surface area contributed by atoms with Crippen LogP contribution in [0.2, 0.25) is 0 Å². The summed E-state index contributed by atoms with van der Waals surface area (Å²) in [6, 6.07) is 27.5. The standard InChI is InChI=1S/C29H26N2O2S/c1-19(20-8-3-2-4-9-20)30-29(33)23-11-5-6-13-25(23)31-27(32)18-34-26-17-16-22-15-14-21-10-7-12-24(26)28(21)22/h2-13,16-17,19H,14-15,18H2,1H3,(H,30,33)(H,31,32)/t19-/m0/s1. The molecule has 4 nitrogen and oxygen atoms in total. The Kier molecular flexibility index (Phi) is 6.37. The number of hydrogen-bond acceptors (Lipinski definition) is 3. The molecular formula is C29H26N2O2S. The van der Waals surface area contributed by atoms with Crippen molar-refractivity contribution in [2.24, 2.45) is 0 Å². The summed E-state index contributed by atoms with van der Waals surface area (Å²) in [6.45, 7) is 1.95. The number of hydrogen-bond donors (Lipinski definition) is 2. The van der Waals surface area contributed by atoms with Crippen LogP contribution >= 0.6 is 11.8 Å². The van der Waals surface area contributed by atoms with E-state index in [1.807, 2.05) is 43.3 Å².